The average molecular weight is 542 g/mol. The van der Waals surface area contributed by atoms with Gasteiger partial charge < -0.3 is 24.6 Å². The van der Waals surface area contributed by atoms with Crippen LogP contribution in [0.4, 0.5) is 5.82 Å². The molecule has 0 saturated carbocycles. The molecule has 0 aliphatic carbocycles. The van der Waals surface area contributed by atoms with Crippen LogP contribution in [-0.4, -0.2) is 82.5 Å². The van der Waals surface area contributed by atoms with Crippen LogP contribution >= 0.6 is 0 Å². The molecule has 6 rings (SSSR count). The lowest BCUT2D eigenvalue weighted by molar-refractivity contribution is 0.0746. The SMILES string of the molecule is CCOc1cccc(Cn2ncc3c(N4CCN(C(=O)c5ccc(OC6CCNCC6)cc5)CC4)ncnc32)c1. The predicted molar refractivity (Wildman–Crippen MR) is 153 cm³/mol. The lowest BCUT2D eigenvalue weighted by atomic mass is 10.1. The summed E-state index contributed by atoms with van der Waals surface area (Å²) in [4.78, 5) is 26.5. The number of nitrogens with one attached hydrogen (secondary N) is 1. The number of fused-ring (bicyclic) bond motifs is 1. The Bertz CT molecular complexity index is 1440. The van der Waals surface area contributed by atoms with Crippen molar-refractivity contribution in [1.29, 1.82) is 0 Å². The number of hydrogen-bond donors (Lipinski definition) is 1. The van der Waals surface area contributed by atoms with Crippen LogP contribution in [0.1, 0.15) is 35.7 Å². The van der Waals surface area contributed by atoms with Crippen molar-refractivity contribution in [3.05, 3.63) is 72.2 Å². The second-order valence-corrected chi connectivity index (χ2v) is 10.2. The highest BCUT2D eigenvalue weighted by Gasteiger charge is 2.25. The third-order valence-electron chi connectivity index (χ3n) is 7.51. The van der Waals surface area contributed by atoms with Crippen LogP contribution in [0.15, 0.2) is 61.1 Å². The third kappa shape index (κ3) is 5.72. The van der Waals surface area contributed by atoms with Crippen molar-refractivity contribution in [3.8, 4) is 11.5 Å². The van der Waals surface area contributed by atoms with E-state index < -0.39 is 0 Å². The number of ether oxygens (including phenoxy) is 2. The van der Waals surface area contributed by atoms with Gasteiger partial charge in [0.2, 0.25) is 0 Å². The lowest BCUT2D eigenvalue weighted by Crippen LogP contribution is -2.49. The molecule has 10 nitrogen and oxygen atoms in total. The molecule has 1 N–H and O–H groups in total. The minimum absolute atomic E-state index is 0.0444. The lowest BCUT2D eigenvalue weighted by Gasteiger charge is -2.35. The fourth-order valence-electron chi connectivity index (χ4n) is 5.41. The molecule has 40 heavy (non-hydrogen) atoms. The molecule has 1 amide bonds. The summed E-state index contributed by atoms with van der Waals surface area (Å²) >= 11 is 0. The third-order valence-corrected chi connectivity index (χ3v) is 7.51. The van der Waals surface area contributed by atoms with E-state index in [1.54, 1.807) is 6.33 Å². The number of rotatable bonds is 8. The second kappa shape index (κ2) is 11.9. The van der Waals surface area contributed by atoms with Crippen molar-refractivity contribution < 1.29 is 14.3 Å². The topological polar surface area (TPSA) is 97.6 Å². The standard InChI is InChI=1S/C30H35N7O3/c1-2-39-26-5-3-4-22(18-26)20-37-29-27(19-34-37)28(32-21-33-29)35-14-16-36(17-15-35)30(38)23-6-8-24(9-7-23)40-25-10-12-31-13-11-25/h3-9,18-19,21,25,31H,2,10-17,20H2,1H3. The first-order valence-corrected chi connectivity index (χ1v) is 14.1. The number of hydrogen-bond acceptors (Lipinski definition) is 8. The fraction of sp³-hybridized carbons (Fsp3) is 0.400. The van der Waals surface area contributed by atoms with Gasteiger partial charge in [-0.1, -0.05) is 12.1 Å². The molecule has 0 atom stereocenters. The minimum Gasteiger partial charge on any atom is -0.494 e. The molecule has 2 aliphatic rings. The summed E-state index contributed by atoms with van der Waals surface area (Å²) in [5.41, 5.74) is 2.57. The van der Waals surface area contributed by atoms with Crippen LogP contribution in [0.5, 0.6) is 11.5 Å². The van der Waals surface area contributed by atoms with Crippen molar-refractivity contribution in [2.45, 2.75) is 32.4 Å². The molecule has 2 saturated heterocycles. The Labute approximate surface area is 233 Å². The molecule has 0 unspecified atom stereocenters. The molecular weight excluding hydrogens is 506 g/mol. The normalized spacial score (nSPS) is 16.3. The van der Waals surface area contributed by atoms with E-state index in [2.05, 4.69) is 31.3 Å². The van der Waals surface area contributed by atoms with Crippen molar-refractivity contribution in [3.63, 3.8) is 0 Å². The van der Waals surface area contributed by atoms with E-state index >= 15 is 0 Å². The molecule has 4 aromatic rings. The first kappa shape index (κ1) is 26.1. The van der Waals surface area contributed by atoms with Crippen molar-refractivity contribution >= 4 is 22.8 Å². The molecule has 0 bridgehead atoms. The number of aromatic nitrogens is 4. The van der Waals surface area contributed by atoms with Gasteiger partial charge in [-0.15, -0.1) is 0 Å². The number of anilines is 1. The summed E-state index contributed by atoms with van der Waals surface area (Å²) in [7, 11) is 0. The Balaban J connectivity index is 1.09. The van der Waals surface area contributed by atoms with E-state index in [1.165, 1.54) is 0 Å². The largest absolute Gasteiger partial charge is 0.494 e. The van der Waals surface area contributed by atoms with E-state index in [9.17, 15) is 4.79 Å². The average Bonchev–Trinajstić information content (AvgIpc) is 3.41. The zero-order chi connectivity index (χ0) is 27.3. The fourth-order valence-corrected chi connectivity index (χ4v) is 5.41. The van der Waals surface area contributed by atoms with Gasteiger partial charge in [0.05, 0.1) is 24.7 Å². The first-order chi connectivity index (χ1) is 19.7. The number of amides is 1. The van der Waals surface area contributed by atoms with E-state index in [1.807, 2.05) is 65.2 Å². The molecule has 2 aromatic carbocycles. The highest BCUT2D eigenvalue weighted by Crippen LogP contribution is 2.25. The maximum Gasteiger partial charge on any atom is 0.253 e. The molecule has 0 spiro atoms. The van der Waals surface area contributed by atoms with Gasteiger partial charge in [-0.05, 0) is 74.8 Å². The van der Waals surface area contributed by atoms with Gasteiger partial charge in [-0.2, -0.15) is 5.10 Å². The quantitative estimate of drug-likeness (QED) is 0.363. The van der Waals surface area contributed by atoms with Gasteiger partial charge in [0.15, 0.2) is 5.65 Å². The molecule has 2 aliphatic heterocycles. The highest BCUT2D eigenvalue weighted by atomic mass is 16.5. The zero-order valence-corrected chi connectivity index (χ0v) is 22.8. The number of carbonyl (C=O) groups excluding carboxylic acids is 1. The van der Waals surface area contributed by atoms with Gasteiger partial charge in [0.1, 0.15) is 29.7 Å². The first-order valence-electron chi connectivity index (χ1n) is 14.1. The van der Waals surface area contributed by atoms with E-state index in [4.69, 9.17) is 9.47 Å². The molecule has 2 fully saturated rings. The van der Waals surface area contributed by atoms with Crippen molar-refractivity contribution in [2.24, 2.45) is 0 Å². The summed E-state index contributed by atoms with van der Waals surface area (Å²) in [6.45, 7) is 7.79. The van der Waals surface area contributed by atoms with E-state index in [0.29, 0.717) is 44.9 Å². The Hall–Kier alpha value is -4.18. The molecule has 0 radical (unpaired) electrons. The Morgan fingerprint density at radius 1 is 1.00 bits per heavy atom. The van der Waals surface area contributed by atoms with Crippen LogP contribution in [0, 0.1) is 0 Å². The number of piperazine rings is 1. The van der Waals surface area contributed by atoms with Gasteiger partial charge in [-0.25, -0.2) is 14.6 Å². The summed E-state index contributed by atoms with van der Waals surface area (Å²) < 4.78 is 13.6. The summed E-state index contributed by atoms with van der Waals surface area (Å²) in [5, 5.41) is 8.88. The second-order valence-electron chi connectivity index (χ2n) is 10.2. The predicted octanol–water partition coefficient (Wildman–Crippen LogP) is 3.37. The highest BCUT2D eigenvalue weighted by molar-refractivity contribution is 5.94. The van der Waals surface area contributed by atoms with Crippen LogP contribution < -0.4 is 19.7 Å². The Morgan fingerprint density at radius 2 is 1.80 bits per heavy atom. The van der Waals surface area contributed by atoms with Gasteiger partial charge in [0.25, 0.3) is 5.91 Å². The van der Waals surface area contributed by atoms with Crippen LogP contribution in [-0.2, 0) is 6.54 Å². The zero-order valence-electron chi connectivity index (χ0n) is 22.8. The summed E-state index contributed by atoms with van der Waals surface area (Å²) in [6.07, 6.45) is 5.68. The maximum atomic E-state index is 13.2. The van der Waals surface area contributed by atoms with Crippen LogP contribution in [0.25, 0.3) is 11.0 Å². The molecule has 10 heteroatoms. The number of benzene rings is 2. The molecular formula is C30H35N7O3. The maximum absolute atomic E-state index is 13.2. The number of piperidine rings is 1. The van der Waals surface area contributed by atoms with Crippen molar-refractivity contribution in [1.82, 2.24) is 30.0 Å². The molecule has 2 aromatic heterocycles. The van der Waals surface area contributed by atoms with E-state index in [-0.39, 0.29) is 12.0 Å². The molecule has 4 heterocycles. The summed E-state index contributed by atoms with van der Waals surface area (Å²) in [5.74, 6) is 2.57. The Kier molecular flexibility index (Phi) is 7.76. The van der Waals surface area contributed by atoms with Gasteiger partial charge >= 0.3 is 0 Å². The van der Waals surface area contributed by atoms with Crippen LogP contribution in [0.3, 0.4) is 0 Å². The Morgan fingerprint density at radius 3 is 2.58 bits per heavy atom. The van der Waals surface area contributed by atoms with Crippen LogP contribution in [0.2, 0.25) is 0 Å². The smallest absolute Gasteiger partial charge is 0.253 e. The van der Waals surface area contributed by atoms with Gasteiger partial charge in [0, 0.05) is 31.7 Å². The van der Waals surface area contributed by atoms with Gasteiger partial charge in [-0.3, -0.25) is 4.79 Å². The van der Waals surface area contributed by atoms with E-state index in [0.717, 1.165) is 59.8 Å². The summed E-state index contributed by atoms with van der Waals surface area (Å²) in [6, 6.07) is 15.6. The monoisotopic (exact) mass is 541 g/mol. The molecule has 208 valence electrons. The number of nitrogens with zero attached hydrogens (tertiary/aromatic N) is 6. The minimum atomic E-state index is 0.0444. The number of carbonyl (C=O) groups is 1. The van der Waals surface area contributed by atoms with Crippen molar-refractivity contribution in [2.75, 3.05) is 50.8 Å².